The Labute approximate surface area is 156 Å². The Balaban J connectivity index is 1.37. The molecule has 0 saturated carbocycles. The lowest BCUT2D eigenvalue weighted by molar-refractivity contribution is -0.120. The summed E-state index contributed by atoms with van der Waals surface area (Å²) >= 11 is 0. The first-order valence-electron chi connectivity index (χ1n) is 9.68. The van der Waals surface area contributed by atoms with Gasteiger partial charge in [-0.2, -0.15) is 5.10 Å². The Kier molecular flexibility index (Phi) is 6.45. The van der Waals surface area contributed by atoms with Gasteiger partial charge < -0.3 is 10.2 Å². The Hall–Kier alpha value is -2.14. The predicted octanol–water partition coefficient (Wildman–Crippen LogP) is 2.90. The van der Waals surface area contributed by atoms with Crippen LogP contribution in [0.1, 0.15) is 32.3 Å². The van der Waals surface area contributed by atoms with Crippen molar-refractivity contribution in [3.8, 4) is 5.69 Å². The fraction of sp³-hybridized carbons (Fsp3) is 0.524. The number of aromatic nitrogens is 2. The first-order valence-corrected chi connectivity index (χ1v) is 9.68. The van der Waals surface area contributed by atoms with Gasteiger partial charge in [-0.25, -0.2) is 4.68 Å². The molecular weight excluding hydrogens is 324 g/mol. The van der Waals surface area contributed by atoms with Crippen LogP contribution in [0.4, 0.5) is 0 Å². The third kappa shape index (κ3) is 5.43. The molecule has 1 fully saturated rings. The zero-order valence-corrected chi connectivity index (χ0v) is 15.9. The van der Waals surface area contributed by atoms with Gasteiger partial charge in [0.15, 0.2) is 0 Å². The van der Waals surface area contributed by atoms with Crippen molar-refractivity contribution in [2.75, 3.05) is 26.2 Å². The van der Waals surface area contributed by atoms with E-state index >= 15 is 0 Å². The summed E-state index contributed by atoms with van der Waals surface area (Å²) in [7, 11) is 0. The number of carbonyl (C=O) groups is 1. The minimum absolute atomic E-state index is 0.0676. The number of hydrogen-bond acceptors (Lipinski definition) is 3. The van der Waals surface area contributed by atoms with Crippen LogP contribution in [0.2, 0.25) is 0 Å². The van der Waals surface area contributed by atoms with E-state index in [2.05, 4.69) is 29.2 Å². The second kappa shape index (κ2) is 8.99. The number of piperidine rings is 1. The van der Waals surface area contributed by atoms with Crippen molar-refractivity contribution in [1.82, 2.24) is 20.0 Å². The summed E-state index contributed by atoms with van der Waals surface area (Å²) in [6.07, 6.45) is 6.41. The molecule has 0 aliphatic carbocycles. The van der Waals surface area contributed by atoms with Gasteiger partial charge in [0.2, 0.25) is 5.91 Å². The molecule has 0 radical (unpaired) electrons. The highest BCUT2D eigenvalue weighted by molar-refractivity contribution is 5.78. The zero-order valence-electron chi connectivity index (χ0n) is 15.9. The highest BCUT2D eigenvalue weighted by atomic mass is 16.1. The van der Waals surface area contributed by atoms with Crippen LogP contribution in [0.3, 0.4) is 0 Å². The first-order chi connectivity index (χ1) is 12.6. The monoisotopic (exact) mass is 354 g/mol. The SMILES string of the molecule is C[C@@H]1C[C@@H](C)CN(CCCNC(=O)Cc2cnn(-c3ccccc3)c2)C1. The van der Waals surface area contributed by atoms with E-state index in [0.29, 0.717) is 6.42 Å². The van der Waals surface area contributed by atoms with E-state index in [1.165, 1.54) is 19.5 Å². The van der Waals surface area contributed by atoms with Gasteiger partial charge in [-0.1, -0.05) is 32.0 Å². The molecule has 1 N–H and O–H groups in total. The lowest BCUT2D eigenvalue weighted by Gasteiger charge is -2.34. The molecule has 5 heteroatoms. The summed E-state index contributed by atoms with van der Waals surface area (Å²) in [6.45, 7) is 8.86. The van der Waals surface area contributed by atoms with Gasteiger partial charge in [0.1, 0.15) is 0 Å². The second-order valence-electron chi connectivity index (χ2n) is 7.71. The van der Waals surface area contributed by atoms with Crippen LogP contribution in [-0.2, 0) is 11.2 Å². The maximum atomic E-state index is 12.2. The highest BCUT2D eigenvalue weighted by Gasteiger charge is 2.21. The van der Waals surface area contributed by atoms with Gasteiger partial charge in [0.05, 0.1) is 18.3 Å². The molecule has 2 heterocycles. The van der Waals surface area contributed by atoms with Crippen molar-refractivity contribution in [2.24, 2.45) is 11.8 Å². The normalized spacial score (nSPS) is 20.8. The number of para-hydroxylation sites is 1. The smallest absolute Gasteiger partial charge is 0.224 e. The van der Waals surface area contributed by atoms with E-state index in [4.69, 9.17) is 0 Å². The van der Waals surface area contributed by atoms with Crippen molar-refractivity contribution >= 4 is 5.91 Å². The van der Waals surface area contributed by atoms with Crippen LogP contribution >= 0.6 is 0 Å². The van der Waals surface area contributed by atoms with E-state index in [1.54, 1.807) is 10.9 Å². The summed E-state index contributed by atoms with van der Waals surface area (Å²) < 4.78 is 1.81. The summed E-state index contributed by atoms with van der Waals surface area (Å²) in [4.78, 5) is 14.7. The third-order valence-electron chi connectivity index (χ3n) is 4.94. The molecule has 2 aromatic rings. The predicted molar refractivity (Wildman–Crippen MR) is 104 cm³/mol. The number of rotatable bonds is 7. The van der Waals surface area contributed by atoms with Crippen molar-refractivity contribution in [3.63, 3.8) is 0 Å². The highest BCUT2D eigenvalue weighted by Crippen LogP contribution is 2.20. The molecule has 0 bridgehead atoms. The van der Waals surface area contributed by atoms with Crippen LogP contribution in [0.25, 0.3) is 5.69 Å². The fourth-order valence-corrected chi connectivity index (χ4v) is 3.93. The Morgan fingerprint density at radius 1 is 1.19 bits per heavy atom. The summed E-state index contributed by atoms with van der Waals surface area (Å²) in [5, 5.41) is 7.38. The molecule has 26 heavy (non-hydrogen) atoms. The minimum atomic E-state index is 0.0676. The van der Waals surface area contributed by atoms with Gasteiger partial charge in [-0.05, 0) is 48.9 Å². The molecule has 1 aliphatic heterocycles. The van der Waals surface area contributed by atoms with Crippen molar-refractivity contribution in [2.45, 2.75) is 33.1 Å². The summed E-state index contributed by atoms with van der Waals surface area (Å²) in [5.41, 5.74) is 1.94. The maximum absolute atomic E-state index is 12.2. The Morgan fingerprint density at radius 2 is 1.92 bits per heavy atom. The van der Waals surface area contributed by atoms with E-state index in [-0.39, 0.29) is 5.91 Å². The number of amides is 1. The second-order valence-corrected chi connectivity index (χ2v) is 7.71. The zero-order chi connectivity index (χ0) is 18.4. The van der Waals surface area contributed by atoms with Crippen LogP contribution in [0, 0.1) is 11.8 Å². The molecule has 1 amide bonds. The molecule has 3 rings (SSSR count). The number of benzene rings is 1. The molecular formula is C21H30N4O. The van der Waals surface area contributed by atoms with Gasteiger partial charge >= 0.3 is 0 Å². The lowest BCUT2D eigenvalue weighted by atomic mass is 9.92. The number of nitrogens with zero attached hydrogens (tertiary/aromatic N) is 3. The quantitative estimate of drug-likeness (QED) is 0.778. The fourth-order valence-electron chi connectivity index (χ4n) is 3.93. The van der Waals surface area contributed by atoms with Gasteiger partial charge in [0.25, 0.3) is 0 Å². The summed E-state index contributed by atoms with van der Waals surface area (Å²) in [5.74, 6) is 1.64. The molecule has 1 saturated heterocycles. The molecule has 5 nitrogen and oxygen atoms in total. The molecule has 0 spiro atoms. The Morgan fingerprint density at radius 3 is 2.65 bits per heavy atom. The molecule has 140 valence electrons. The van der Waals surface area contributed by atoms with E-state index in [1.807, 2.05) is 36.5 Å². The van der Waals surface area contributed by atoms with Crippen LogP contribution < -0.4 is 5.32 Å². The topological polar surface area (TPSA) is 50.2 Å². The average Bonchev–Trinajstić information content (AvgIpc) is 3.07. The van der Waals surface area contributed by atoms with Gasteiger partial charge in [-0.15, -0.1) is 0 Å². The van der Waals surface area contributed by atoms with Crippen molar-refractivity contribution < 1.29 is 4.79 Å². The van der Waals surface area contributed by atoms with Crippen LogP contribution in [-0.4, -0.2) is 46.8 Å². The number of likely N-dealkylation sites (tertiary alicyclic amines) is 1. The van der Waals surface area contributed by atoms with Gasteiger partial charge in [0, 0.05) is 25.8 Å². The standard InChI is InChI=1S/C21H30N4O/c1-17-11-18(2)15-24(14-17)10-6-9-22-21(26)12-19-13-23-25(16-19)20-7-4-3-5-8-20/h3-5,7-8,13,16-18H,6,9-12,14-15H2,1-2H3,(H,22,26)/t17-,18-/m1/s1. The van der Waals surface area contributed by atoms with Crippen molar-refractivity contribution in [1.29, 1.82) is 0 Å². The third-order valence-corrected chi connectivity index (χ3v) is 4.94. The van der Waals surface area contributed by atoms with Gasteiger partial charge in [-0.3, -0.25) is 4.79 Å². The first kappa shape index (κ1) is 18.6. The minimum Gasteiger partial charge on any atom is -0.356 e. The molecule has 0 unspecified atom stereocenters. The molecule has 1 aromatic heterocycles. The number of hydrogen-bond donors (Lipinski definition) is 1. The van der Waals surface area contributed by atoms with E-state index in [0.717, 1.165) is 42.6 Å². The maximum Gasteiger partial charge on any atom is 0.224 e. The summed E-state index contributed by atoms with van der Waals surface area (Å²) in [6, 6.07) is 9.94. The number of nitrogens with one attached hydrogen (secondary N) is 1. The molecule has 1 aliphatic rings. The van der Waals surface area contributed by atoms with Crippen molar-refractivity contribution in [3.05, 3.63) is 48.3 Å². The lowest BCUT2D eigenvalue weighted by Crippen LogP contribution is -2.40. The van der Waals surface area contributed by atoms with E-state index < -0.39 is 0 Å². The molecule has 2 atom stereocenters. The number of carbonyl (C=O) groups excluding carboxylic acids is 1. The van der Waals surface area contributed by atoms with E-state index in [9.17, 15) is 4.79 Å². The molecule has 1 aromatic carbocycles. The average molecular weight is 354 g/mol. The van der Waals surface area contributed by atoms with Crippen LogP contribution in [0.15, 0.2) is 42.7 Å². The Bertz CT molecular complexity index is 687. The largest absolute Gasteiger partial charge is 0.356 e. The van der Waals surface area contributed by atoms with Crippen LogP contribution in [0.5, 0.6) is 0 Å².